The molecule has 0 radical (unpaired) electrons. The molecule has 0 heterocycles. The molecule has 0 bridgehead atoms. The normalized spacial score (nSPS) is 10.5. The predicted octanol–water partition coefficient (Wildman–Crippen LogP) is 6.89. The molecule has 0 aromatic heterocycles. The molecule has 3 rings (SSSR count). The summed E-state index contributed by atoms with van der Waals surface area (Å²) in [6, 6.07) is 19.3. The zero-order chi connectivity index (χ0) is 16.8. The molecule has 0 fully saturated rings. The molecule has 118 valence electrons. The molecule has 0 amide bonds. The molecule has 1 nitrogen and oxygen atoms in total. The predicted molar refractivity (Wildman–Crippen MR) is 99.9 cm³/mol. The van der Waals surface area contributed by atoms with Gasteiger partial charge < -0.3 is 5.73 Å². The summed E-state index contributed by atoms with van der Waals surface area (Å²) in [5.41, 5.74) is 6.69. The van der Waals surface area contributed by atoms with E-state index in [1.807, 2.05) is 20.8 Å². The summed E-state index contributed by atoms with van der Waals surface area (Å²) in [6.07, 6.45) is 0. The molecule has 1 N–H and O–H groups in total. The number of rotatable bonds is 0. The van der Waals surface area contributed by atoms with Gasteiger partial charge in [0.05, 0.1) is 0 Å². The Morgan fingerprint density at radius 2 is 1.18 bits per heavy atom. The second-order valence-electron chi connectivity index (χ2n) is 5.91. The van der Waals surface area contributed by atoms with E-state index in [-0.39, 0.29) is 5.54 Å². The molecular weight excluding hydrogens is 349 g/mol. The van der Waals surface area contributed by atoms with Gasteiger partial charge >= 0.3 is 38.7 Å². The fourth-order valence-electron chi connectivity index (χ4n) is 1.90. The zero-order valence-electron chi connectivity index (χ0n) is 13.2. The van der Waals surface area contributed by atoms with Crippen molar-refractivity contribution < 1.29 is 15.3 Å². The van der Waals surface area contributed by atoms with Gasteiger partial charge in [0.25, 0.3) is 0 Å². The minimum Gasteiger partial charge on any atom is -0.126 e. The Kier molecular flexibility index (Phi) is 7.89. The van der Waals surface area contributed by atoms with Crippen LogP contribution in [-0.2, 0) is 15.3 Å². The van der Waals surface area contributed by atoms with Gasteiger partial charge in [-0.25, -0.2) is 0 Å². The Morgan fingerprint density at radius 3 is 1.50 bits per heavy atom. The first kappa shape index (κ1) is 19.5. The average Bonchev–Trinajstić information content (AvgIpc) is 2.74. The van der Waals surface area contributed by atoms with Crippen molar-refractivity contribution in [2.45, 2.75) is 26.3 Å². The molecule has 3 aromatic rings. The second kappa shape index (κ2) is 8.91. The number of hydrogen-bond acceptors (Lipinski definition) is 0. The molecule has 0 spiro atoms. The van der Waals surface area contributed by atoms with Crippen molar-refractivity contribution in [3.8, 4) is 0 Å². The third kappa shape index (κ3) is 7.62. The average molecular weight is 370 g/mol. The molecule has 22 heavy (non-hydrogen) atoms. The maximum atomic E-state index is 6.94. The summed E-state index contributed by atoms with van der Waals surface area (Å²) in [7, 11) is 10.2. The second-order valence-corrected chi connectivity index (χ2v) is 11.5. The van der Waals surface area contributed by atoms with Gasteiger partial charge in [-0.15, -0.1) is 45.3 Å². The first-order chi connectivity index (χ1) is 10.2. The minimum atomic E-state index is -1.64. The molecule has 0 aliphatic rings. The van der Waals surface area contributed by atoms with Crippen LogP contribution in [0.4, 0.5) is 0 Å². The van der Waals surface area contributed by atoms with Crippen LogP contribution in [0.25, 0.3) is 27.3 Å². The Balaban J connectivity index is 0.000000228. The summed E-state index contributed by atoms with van der Waals surface area (Å²) in [6.45, 7) is 5.56. The minimum absolute atomic E-state index is 0.250. The maximum absolute atomic E-state index is 6.94. The van der Waals surface area contributed by atoms with E-state index in [2.05, 4.69) is 59.4 Å². The summed E-state index contributed by atoms with van der Waals surface area (Å²) in [5.74, 6) is 0. The SMILES string of the molecule is CC(C)(C)[NH-].[CH2]=[Ti]([Cl])[Cl].c1ccc2c(c1)[cH-]c1ccccc12. The van der Waals surface area contributed by atoms with E-state index in [4.69, 9.17) is 24.3 Å². The molecule has 0 saturated heterocycles. The third-order valence-corrected chi connectivity index (χ3v) is 2.52. The summed E-state index contributed by atoms with van der Waals surface area (Å²) >= 11 is -1.64. The van der Waals surface area contributed by atoms with Gasteiger partial charge in [0, 0.05) is 0 Å². The number of hydrogen-bond donors (Lipinski definition) is 0. The number of benzene rings is 2. The van der Waals surface area contributed by atoms with Crippen LogP contribution in [0.2, 0.25) is 0 Å². The van der Waals surface area contributed by atoms with E-state index in [0.717, 1.165) is 0 Å². The molecule has 0 unspecified atom stereocenters. The number of nitrogens with one attached hydrogen (secondary N) is 1. The smallest absolute Gasteiger partial charge is 0.0771 e. The molecule has 0 atom stereocenters. The van der Waals surface area contributed by atoms with E-state index < -0.39 is 15.3 Å². The van der Waals surface area contributed by atoms with Gasteiger partial charge in [-0.05, 0) is 0 Å². The van der Waals surface area contributed by atoms with Gasteiger partial charge in [0.15, 0.2) is 0 Å². The molecule has 0 saturated carbocycles. The van der Waals surface area contributed by atoms with Crippen molar-refractivity contribution in [1.82, 2.24) is 0 Å². The van der Waals surface area contributed by atoms with Crippen LogP contribution in [0.15, 0.2) is 54.6 Å². The van der Waals surface area contributed by atoms with Crippen molar-refractivity contribution in [2.24, 2.45) is 0 Å². The summed E-state index contributed by atoms with van der Waals surface area (Å²) < 4.78 is 0. The van der Waals surface area contributed by atoms with E-state index in [0.29, 0.717) is 0 Å². The molecule has 3 aromatic carbocycles. The fraction of sp³-hybridized carbons (Fsp3) is 0.222. The van der Waals surface area contributed by atoms with Crippen molar-refractivity contribution in [3.05, 3.63) is 60.3 Å². The summed E-state index contributed by atoms with van der Waals surface area (Å²) in [5, 5.41) is 5.39. The first-order valence-electron chi connectivity index (χ1n) is 6.96. The topological polar surface area (TPSA) is 23.8 Å². The van der Waals surface area contributed by atoms with Crippen LogP contribution < -0.4 is 0 Å². The molecule has 0 aliphatic carbocycles. The Bertz CT molecular complexity index is 681. The van der Waals surface area contributed by atoms with Crippen LogP contribution in [0, 0.1) is 0 Å². The molecule has 4 heteroatoms. The van der Waals surface area contributed by atoms with Crippen molar-refractivity contribution in [3.63, 3.8) is 0 Å². The molecule has 0 aliphatic heterocycles. The van der Waals surface area contributed by atoms with Crippen LogP contribution >= 0.6 is 18.6 Å². The van der Waals surface area contributed by atoms with Crippen LogP contribution in [-0.4, -0.2) is 10.4 Å². The van der Waals surface area contributed by atoms with E-state index >= 15 is 0 Å². The number of fused-ring (bicyclic) bond motifs is 3. The third-order valence-electron chi connectivity index (χ3n) is 2.52. The van der Waals surface area contributed by atoms with Crippen LogP contribution in [0.5, 0.6) is 0 Å². The zero-order valence-corrected chi connectivity index (χ0v) is 16.2. The van der Waals surface area contributed by atoms with Gasteiger partial charge in [-0.2, -0.15) is 0 Å². The number of halogens is 2. The Labute approximate surface area is 146 Å². The van der Waals surface area contributed by atoms with E-state index in [1.165, 1.54) is 21.5 Å². The van der Waals surface area contributed by atoms with Crippen molar-refractivity contribution >= 4 is 45.0 Å². The van der Waals surface area contributed by atoms with Crippen molar-refractivity contribution in [1.29, 1.82) is 0 Å². The van der Waals surface area contributed by atoms with Gasteiger partial charge in [0.2, 0.25) is 0 Å². The maximum Gasteiger partial charge on any atom is -0.0771 e. The van der Waals surface area contributed by atoms with Gasteiger partial charge in [-0.3, -0.25) is 0 Å². The van der Waals surface area contributed by atoms with E-state index in [1.54, 1.807) is 0 Å². The van der Waals surface area contributed by atoms with Gasteiger partial charge in [-0.1, -0.05) is 57.2 Å². The molecular formula is C18H21Cl2NTi-2. The largest absolute Gasteiger partial charge is 0.126 e. The standard InChI is InChI=1S/C13H9.C4H10N.CH2.2ClH.Ti/c1-3-7-12-10(5-1)9-11-6-2-4-8-13(11)12;1-4(2,3)5;;;;/h1-9H;5H,1-3H3;1H2;2*1H;/q2*-1;;;;+2/p-2. The van der Waals surface area contributed by atoms with E-state index in [9.17, 15) is 0 Å². The fourth-order valence-corrected chi connectivity index (χ4v) is 1.90. The van der Waals surface area contributed by atoms with Crippen LogP contribution in [0.1, 0.15) is 20.8 Å². The summed E-state index contributed by atoms with van der Waals surface area (Å²) in [4.78, 5) is 3.34. The van der Waals surface area contributed by atoms with Crippen LogP contribution in [0.3, 0.4) is 0 Å². The Morgan fingerprint density at radius 1 is 0.909 bits per heavy atom. The Hall–Kier alpha value is -0.566. The van der Waals surface area contributed by atoms with Crippen molar-refractivity contribution in [2.75, 3.05) is 0 Å². The quantitative estimate of drug-likeness (QED) is 0.304. The van der Waals surface area contributed by atoms with Gasteiger partial charge in [0.1, 0.15) is 0 Å². The monoisotopic (exact) mass is 369 g/mol. The first-order valence-corrected chi connectivity index (χ1v) is 12.4.